The van der Waals surface area contributed by atoms with Gasteiger partial charge in [-0.3, -0.25) is 9.59 Å². The summed E-state index contributed by atoms with van der Waals surface area (Å²) in [6.07, 6.45) is 4.39. The standard InChI is InChI=1S/C14H16O3/c1-12(15)11-14(16)17-10-6-5-9-13-7-3-2-4-8-13/h2-8H,9-11H2,1H3. The molecular weight excluding hydrogens is 216 g/mol. The number of carbonyl (C=O) groups excluding carboxylic acids is 2. The van der Waals surface area contributed by atoms with Gasteiger partial charge in [0.05, 0.1) is 0 Å². The molecule has 3 heteroatoms. The maximum absolute atomic E-state index is 11.0. The first kappa shape index (κ1) is 13.2. The van der Waals surface area contributed by atoms with Crippen LogP contribution in [0.3, 0.4) is 0 Å². The normalized spacial score (nSPS) is 10.4. The maximum Gasteiger partial charge on any atom is 0.313 e. The highest BCUT2D eigenvalue weighted by atomic mass is 16.5. The monoisotopic (exact) mass is 232 g/mol. The number of esters is 1. The quantitative estimate of drug-likeness (QED) is 0.429. The van der Waals surface area contributed by atoms with E-state index in [0.717, 1.165) is 6.42 Å². The van der Waals surface area contributed by atoms with E-state index in [0.29, 0.717) is 0 Å². The van der Waals surface area contributed by atoms with Gasteiger partial charge in [-0.2, -0.15) is 0 Å². The lowest BCUT2D eigenvalue weighted by atomic mass is 10.1. The van der Waals surface area contributed by atoms with Gasteiger partial charge in [-0.15, -0.1) is 0 Å². The van der Waals surface area contributed by atoms with Crippen LogP contribution in [0.4, 0.5) is 0 Å². The fourth-order valence-electron chi connectivity index (χ4n) is 1.30. The molecule has 0 N–H and O–H groups in total. The number of rotatable bonds is 6. The van der Waals surface area contributed by atoms with Crippen LogP contribution in [0.15, 0.2) is 42.5 Å². The molecule has 0 heterocycles. The molecule has 0 saturated heterocycles. The van der Waals surface area contributed by atoms with E-state index in [9.17, 15) is 9.59 Å². The zero-order valence-electron chi connectivity index (χ0n) is 9.89. The van der Waals surface area contributed by atoms with Crippen LogP contribution < -0.4 is 0 Å². The van der Waals surface area contributed by atoms with Gasteiger partial charge >= 0.3 is 5.97 Å². The molecule has 0 saturated carbocycles. The Bertz CT molecular complexity index is 393. The summed E-state index contributed by atoms with van der Waals surface area (Å²) >= 11 is 0. The number of benzene rings is 1. The topological polar surface area (TPSA) is 43.4 Å². The molecule has 0 atom stereocenters. The van der Waals surface area contributed by atoms with Crippen molar-refractivity contribution in [3.05, 3.63) is 48.0 Å². The third-order valence-corrected chi connectivity index (χ3v) is 2.10. The molecule has 3 nitrogen and oxygen atoms in total. The van der Waals surface area contributed by atoms with E-state index >= 15 is 0 Å². The number of carbonyl (C=O) groups is 2. The molecule has 1 rings (SSSR count). The Morgan fingerprint density at radius 1 is 1.18 bits per heavy atom. The van der Waals surface area contributed by atoms with Crippen molar-refractivity contribution in [2.45, 2.75) is 19.8 Å². The highest BCUT2D eigenvalue weighted by Crippen LogP contribution is 2.00. The van der Waals surface area contributed by atoms with Gasteiger partial charge in [0, 0.05) is 0 Å². The van der Waals surface area contributed by atoms with E-state index < -0.39 is 5.97 Å². The van der Waals surface area contributed by atoms with Crippen LogP contribution in [0.2, 0.25) is 0 Å². The minimum absolute atomic E-state index is 0.146. The zero-order valence-corrected chi connectivity index (χ0v) is 9.89. The third kappa shape index (κ3) is 6.30. The summed E-state index contributed by atoms with van der Waals surface area (Å²) in [5, 5.41) is 0. The highest BCUT2D eigenvalue weighted by molar-refractivity contribution is 5.94. The molecule has 0 radical (unpaired) electrons. The molecule has 90 valence electrons. The van der Waals surface area contributed by atoms with Crippen molar-refractivity contribution in [2.75, 3.05) is 6.61 Å². The largest absolute Gasteiger partial charge is 0.461 e. The molecule has 0 bridgehead atoms. The number of Topliss-reactive ketones (excluding diaryl/α,β-unsaturated/α-hetero) is 1. The van der Waals surface area contributed by atoms with Crippen molar-refractivity contribution < 1.29 is 14.3 Å². The van der Waals surface area contributed by atoms with Gasteiger partial charge in [0.25, 0.3) is 0 Å². The van der Waals surface area contributed by atoms with Gasteiger partial charge in [-0.25, -0.2) is 0 Å². The van der Waals surface area contributed by atoms with Gasteiger partial charge in [0.2, 0.25) is 0 Å². The molecule has 0 aliphatic heterocycles. The smallest absolute Gasteiger partial charge is 0.313 e. The summed E-state index contributed by atoms with van der Waals surface area (Å²) in [7, 11) is 0. The number of hydrogen-bond acceptors (Lipinski definition) is 3. The van der Waals surface area contributed by atoms with Crippen LogP contribution in [0, 0.1) is 0 Å². The number of ether oxygens (including phenoxy) is 1. The average molecular weight is 232 g/mol. The summed E-state index contributed by atoms with van der Waals surface area (Å²) in [5.74, 6) is -0.648. The van der Waals surface area contributed by atoms with Gasteiger partial charge in [-0.1, -0.05) is 42.5 Å². The summed E-state index contributed by atoms with van der Waals surface area (Å²) in [5.41, 5.74) is 1.21. The predicted molar refractivity (Wildman–Crippen MR) is 65.5 cm³/mol. The average Bonchev–Trinajstić information content (AvgIpc) is 2.29. The highest BCUT2D eigenvalue weighted by Gasteiger charge is 2.04. The second-order valence-electron chi connectivity index (χ2n) is 3.72. The minimum Gasteiger partial charge on any atom is -0.461 e. The molecule has 0 aliphatic carbocycles. The Morgan fingerprint density at radius 3 is 2.53 bits per heavy atom. The fourth-order valence-corrected chi connectivity index (χ4v) is 1.30. The Balaban J connectivity index is 2.19. The zero-order chi connectivity index (χ0) is 12.5. The van der Waals surface area contributed by atoms with E-state index in [1.54, 1.807) is 6.08 Å². The molecule has 1 aromatic carbocycles. The van der Waals surface area contributed by atoms with Gasteiger partial charge in [0.15, 0.2) is 0 Å². The molecule has 0 fully saturated rings. The lowest BCUT2D eigenvalue weighted by Gasteiger charge is -1.99. The second kappa shape index (κ2) is 7.39. The van der Waals surface area contributed by atoms with E-state index in [1.807, 2.05) is 36.4 Å². The molecule has 0 aliphatic rings. The van der Waals surface area contributed by atoms with E-state index in [1.165, 1.54) is 12.5 Å². The van der Waals surface area contributed by atoms with Gasteiger partial charge in [-0.05, 0) is 18.9 Å². The molecule has 1 aromatic rings. The summed E-state index contributed by atoms with van der Waals surface area (Å²) in [4.78, 5) is 21.6. The van der Waals surface area contributed by atoms with Crippen molar-refractivity contribution in [3.63, 3.8) is 0 Å². The first-order chi connectivity index (χ1) is 8.18. The van der Waals surface area contributed by atoms with Crippen molar-refractivity contribution in [1.29, 1.82) is 0 Å². The van der Waals surface area contributed by atoms with Crippen molar-refractivity contribution in [2.24, 2.45) is 0 Å². The Morgan fingerprint density at radius 2 is 1.88 bits per heavy atom. The van der Waals surface area contributed by atoms with E-state index in [-0.39, 0.29) is 18.8 Å². The number of hydrogen-bond donors (Lipinski definition) is 0. The molecule has 0 unspecified atom stereocenters. The predicted octanol–water partition coefficient (Wildman–Crippen LogP) is 2.31. The minimum atomic E-state index is -0.470. The Kier molecular flexibility index (Phi) is 5.72. The van der Waals surface area contributed by atoms with E-state index in [2.05, 4.69) is 0 Å². The van der Waals surface area contributed by atoms with Crippen LogP contribution in [0.25, 0.3) is 0 Å². The van der Waals surface area contributed by atoms with Crippen molar-refractivity contribution in [1.82, 2.24) is 0 Å². The van der Waals surface area contributed by atoms with Gasteiger partial charge < -0.3 is 4.74 Å². The molecular formula is C14H16O3. The summed E-state index contributed by atoms with van der Waals surface area (Å²) in [6, 6.07) is 10.0. The Labute approximate surface area is 101 Å². The molecule has 0 amide bonds. The first-order valence-electron chi connectivity index (χ1n) is 5.52. The number of ketones is 1. The first-order valence-corrected chi connectivity index (χ1v) is 5.52. The summed E-state index contributed by atoms with van der Waals surface area (Å²) in [6.45, 7) is 1.59. The number of allylic oxidation sites excluding steroid dienone is 1. The van der Waals surface area contributed by atoms with Crippen LogP contribution in [0.1, 0.15) is 18.9 Å². The van der Waals surface area contributed by atoms with Crippen LogP contribution in [-0.4, -0.2) is 18.4 Å². The van der Waals surface area contributed by atoms with Crippen LogP contribution >= 0.6 is 0 Å². The SMILES string of the molecule is CC(=O)CC(=O)OCC=CCc1ccccc1. The lowest BCUT2D eigenvalue weighted by molar-refractivity contribution is -0.144. The Hall–Kier alpha value is -1.90. The van der Waals surface area contributed by atoms with Crippen LogP contribution in [0.5, 0.6) is 0 Å². The van der Waals surface area contributed by atoms with E-state index in [4.69, 9.17) is 4.74 Å². The fraction of sp³-hybridized carbons (Fsp3) is 0.286. The third-order valence-electron chi connectivity index (χ3n) is 2.10. The second-order valence-corrected chi connectivity index (χ2v) is 3.72. The van der Waals surface area contributed by atoms with Gasteiger partial charge in [0.1, 0.15) is 18.8 Å². The molecule has 0 aromatic heterocycles. The summed E-state index contributed by atoms with van der Waals surface area (Å²) < 4.78 is 4.84. The lowest BCUT2D eigenvalue weighted by Crippen LogP contribution is -2.08. The van der Waals surface area contributed by atoms with Crippen molar-refractivity contribution in [3.8, 4) is 0 Å². The molecule has 0 spiro atoms. The van der Waals surface area contributed by atoms with Crippen LogP contribution in [-0.2, 0) is 20.7 Å². The molecule has 17 heavy (non-hydrogen) atoms. The maximum atomic E-state index is 11.0. The van der Waals surface area contributed by atoms with Crippen molar-refractivity contribution >= 4 is 11.8 Å².